The second-order valence-corrected chi connectivity index (χ2v) is 18.8. The second kappa shape index (κ2) is 13.7. The summed E-state index contributed by atoms with van der Waals surface area (Å²) in [5, 5.41) is 19.1. The van der Waals surface area contributed by atoms with Crippen LogP contribution < -0.4 is 5.32 Å². The fourth-order valence-corrected chi connectivity index (χ4v) is 9.12. The van der Waals surface area contributed by atoms with Gasteiger partial charge in [-0.2, -0.15) is 0 Å². The van der Waals surface area contributed by atoms with Crippen molar-refractivity contribution in [1.29, 1.82) is 0 Å². The Bertz CT molecular complexity index is 1110. The highest BCUT2D eigenvalue weighted by Gasteiger charge is 2.62. The van der Waals surface area contributed by atoms with Crippen molar-refractivity contribution < 1.29 is 38.2 Å². The molecule has 240 valence electrons. The average Bonchev–Trinajstić information content (AvgIpc) is 3.25. The number of nitrogens with one attached hydrogen (secondary N) is 1. The molecular weight excluding hydrogens is 570 g/mol. The first-order valence-corrected chi connectivity index (χ1v) is 17.4. The summed E-state index contributed by atoms with van der Waals surface area (Å²) >= 11 is 0. The number of nitrogens with zero attached hydrogens (tertiary/aromatic N) is 3. The summed E-state index contributed by atoms with van der Waals surface area (Å²) in [6.45, 7) is 18.6. The highest BCUT2D eigenvalue weighted by Crippen LogP contribution is 2.73. The van der Waals surface area contributed by atoms with E-state index in [1.165, 1.54) is 0 Å². The first-order chi connectivity index (χ1) is 18.3. The van der Waals surface area contributed by atoms with E-state index in [0.717, 1.165) is 38.6 Å². The van der Waals surface area contributed by atoms with E-state index in [1.54, 1.807) is 13.8 Å². The zero-order chi connectivity index (χ0) is 32.1. The molecule has 2 atom stereocenters. The lowest BCUT2D eigenvalue weighted by Gasteiger charge is -2.41. The van der Waals surface area contributed by atoms with Crippen molar-refractivity contribution in [3.8, 4) is 0 Å². The van der Waals surface area contributed by atoms with E-state index in [9.17, 15) is 33.7 Å². The van der Waals surface area contributed by atoms with E-state index >= 15 is 0 Å². The van der Waals surface area contributed by atoms with Gasteiger partial charge in [-0.1, -0.05) is 80.4 Å². The molecule has 1 heterocycles. The van der Waals surface area contributed by atoms with E-state index in [0.29, 0.717) is 6.42 Å². The molecular formula is C27H54N4O8P2. The molecule has 0 fully saturated rings. The first-order valence-electron chi connectivity index (χ1n) is 14.2. The van der Waals surface area contributed by atoms with Gasteiger partial charge in [-0.3, -0.25) is 18.6 Å². The summed E-state index contributed by atoms with van der Waals surface area (Å²) in [6, 6.07) is 0. The van der Waals surface area contributed by atoms with Crippen LogP contribution in [0.4, 0.5) is 0 Å². The lowest BCUT2D eigenvalue weighted by Crippen LogP contribution is -2.41. The van der Waals surface area contributed by atoms with Crippen LogP contribution in [0.3, 0.4) is 0 Å². The molecule has 0 aromatic carbocycles. The van der Waals surface area contributed by atoms with Gasteiger partial charge in [0.25, 0.3) is 5.08 Å². The Labute approximate surface area is 245 Å². The Hall–Kier alpha value is -1.13. The Morgan fingerprint density at radius 2 is 1.54 bits per heavy atom. The van der Waals surface area contributed by atoms with Gasteiger partial charge in [-0.15, -0.1) is 5.10 Å². The molecule has 41 heavy (non-hydrogen) atoms. The Balaban J connectivity index is 2.83. The zero-order valence-electron chi connectivity index (χ0n) is 26.6. The van der Waals surface area contributed by atoms with Crippen LogP contribution in [-0.2, 0) is 30.4 Å². The van der Waals surface area contributed by atoms with Crippen molar-refractivity contribution >= 4 is 21.1 Å². The molecule has 0 spiro atoms. The van der Waals surface area contributed by atoms with Crippen molar-refractivity contribution in [3.05, 3.63) is 11.9 Å². The molecule has 1 aromatic rings. The molecule has 0 saturated carbocycles. The van der Waals surface area contributed by atoms with Gasteiger partial charge in [0.1, 0.15) is 0 Å². The van der Waals surface area contributed by atoms with Crippen LogP contribution in [-0.4, -0.2) is 59.4 Å². The van der Waals surface area contributed by atoms with Crippen molar-refractivity contribution in [2.24, 2.45) is 16.2 Å². The van der Waals surface area contributed by atoms with E-state index < -0.39 is 37.5 Å². The molecule has 0 aliphatic carbocycles. The van der Waals surface area contributed by atoms with Crippen LogP contribution in [0.25, 0.3) is 0 Å². The topological polar surface area (TPSA) is 184 Å². The van der Waals surface area contributed by atoms with Crippen LogP contribution in [0.2, 0.25) is 0 Å². The fraction of sp³-hybridized carbons (Fsp3) is 0.889. The van der Waals surface area contributed by atoms with Gasteiger partial charge in [-0.25, -0.2) is 0 Å². The fourth-order valence-electron chi connectivity index (χ4n) is 6.00. The summed E-state index contributed by atoms with van der Waals surface area (Å²) in [4.78, 5) is 42.5. The summed E-state index contributed by atoms with van der Waals surface area (Å²) in [7, 11) is -9.70. The minimum Gasteiger partial charge on any atom is -0.368 e. The van der Waals surface area contributed by atoms with Crippen molar-refractivity contribution in [1.82, 2.24) is 20.3 Å². The quantitative estimate of drug-likeness (QED) is 0.108. The van der Waals surface area contributed by atoms with Gasteiger partial charge >= 0.3 is 15.2 Å². The Morgan fingerprint density at radius 1 is 0.951 bits per heavy atom. The average molecular weight is 625 g/mol. The van der Waals surface area contributed by atoms with Gasteiger partial charge in [0, 0.05) is 44.7 Å². The standard InChI is InChI=1S/C27H54N4O8P2/c1-11-12-13-14-31-16-21(29-30-31)26(8,9)18-23(2,3)15-22(32)28-20-25(6,7)17-24(4,5)19-27(33,40(34,35)36)41(37,38)39-10/h16,33H,11-15,17-20H2,1-10H3,(H,28,32)(H,37,38)(H2,34,35,36). The second-order valence-electron chi connectivity index (χ2n) is 14.5. The SMILES string of the molecule is CCCCCn1cc(C(C)(C)CC(C)(C)CC(=O)NCC(C)(C)CC(C)(C)CC(O)(P(=O)(O)O)P(=O)(O)OC)nn1. The molecule has 14 heteroatoms. The molecule has 5 N–H and O–H groups in total. The number of aryl methyl sites for hydroxylation is 1. The van der Waals surface area contributed by atoms with Gasteiger partial charge in [0.2, 0.25) is 5.91 Å². The molecule has 12 nitrogen and oxygen atoms in total. The van der Waals surface area contributed by atoms with Gasteiger partial charge in [0.15, 0.2) is 0 Å². The van der Waals surface area contributed by atoms with Crippen LogP contribution >= 0.6 is 15.2 Å². The zero-order valence-corrected chi connectivity index (χ0v) is 28.4. The number of aliphatic hydroxyl groups is 1. The number of hydrogen-bond acceptors (Lipinski definition) is 7. The maximum Gasteiger partial charge on any atom is 0.371 e. The maximum absolute atomic E-state index is 13.0. The molecule has 0 bridgehead atoms. The third-order valence-corrected chi connectivity index (χ3v) is 11.6. The highest BCUT2D eigenvalue weighted by atomic mass is 31.2. The molecule has 2 unspecified atom stereocenters. The van der Waals surface area contributed by atoms with Crippen LogP contribution in [0.1, 0.15) is 113 Å². The molecule has 0 aliphatic rings. The minimum absolute atomic E-state index is 0.133. The molecule has 1 amide bonds. The van der Waals surface area contributed by atoms with Crippen molar-refractivity contribution in [3.63, 3.8) is 0 Å². The van der Waals surface area contributed by atoms with E-state index in [2.05, 4.69) is 40.9 Å². The third kappa shape index (κ3) is 11.1. The highest BCUT2D eigenvalue weighted by molar-refractivity contribution is 7.72. The predicted molar refractivity (Wildman–Crippen MR) is 159 cm³/mol. The van der Waals surface area contributed by atoms with Gasteiger partial charge in [0.05, 0.1) is 5.69 Å². The Morgan fingerprint density at radius 3 is 2.05 bits per heavy atom. The monoisotopic (exact) mass is 624 g/mol. The van der Waals surface area contributed by atoms with E-state index in [-0.39, 0.29) is 36.1 Å². The van der Waals surface area contributed by atoms with Crippen molar-refractivity contribution in [2.45, 2.75) is 124 Å². The molecule has 0 radical (unpaired) electrons. The number of rotatable bonds is 18. The summed E-state index contributed by atoms with van der Waals surface area (Å²) in [5.74, 6) is -0.133. The van der Waals surface area contributed by atoms with Crippen LogP contribution in [0.15, 0.2) is 6.20 Å². The minimum atomic E-state index is -5.45. The number of amides is 1. The maximum atomic E-state index is 13.0. The molecule has 1 rings (SSSR count). The lowest BCUT2D eigenvalue weighted by atomic mass is 9.71. The number of carbonyl (C=O) groups excluding carboxylic acids is 1. The predicted octanol–water partition coefficient (Wildman–Crippen LogP) is 5.16. The number of hydrogen-bond donors (Lipinski definition) is 5. The Kier molecular flexibility index (Phi) is 12.6. The van der Waals surface area contributed by atoms with Crippen LogP contribution in [0.5, 0.6) is 0 Å². The van der Waals surface area contributed by atoms with Crippen LogP contribution in [0, 0.1) is 16.2 Å². The smallest absolute Gasteiger partial charge is 0.368 e. The first kappa shape index (κ1) is 37.9. The number of unbranched alkanes of at least 4 members (excludes halogenated alkanes) is 2. The van der Waals surface area contributed by atoms with Gasteiger partial charge < -0.3 is 29.6 Å². The number of aromatic nitrogens is 3. The summed E-state index contributed by atoms with van der Waals surface area (Å²) in [6.07, 6.45) is 5.90. The summed E-state index contributed by atoms with van der Waals surface area (Å²) < 4.78 is 30.8. The number of carbonyl (C=O) groups is 1. The molecule has 0 aliphatic heterocycles. The largest absolute Gasteiger partial charge is 0.371 e. The third-order valence-electron chi connectivity index (χ3n) is 7.39. The summed E-state index contributed by atoms with van der Waals surface area (Å²) in [5.41, 5.74) is -1.31. The normalized spacial score (nSPS) is 16.7. The van der Waals surface area contributed by atoms with Crippen molar-refractivity contribution in [2.75, 3.05) is 13.7 Å². The van der Waals surface area contributed by atoms with E-state index in [1.807, 2.05) is 38.6 Å². The molecule has 1 aromatic heterocycles. The molecule has 0 saturated heterocycles. The lowest BCUT2D eigenvalue weighted by molar-refractivity contribution is -0.123. The van der Waals surface area contributed by atoms with E-state index in [4.69, 9.17) is 0 Å². The van der Waals surface area contributed by atoms with Gasteiger partial charge in [-0.05, 0) is 35.5 Å².